The maximum atomic E-state index is 13.5. The molecule has 2 N–H and O–H groups in total. The number of hydrogen-bond donors (Lipinski definition) is 2. The van der Waals surface area contributed by atoms with Crippen molar-refractivity contribution in [2.75, 3.05) is 26.2 Å². The zero-order valence-electron chi connectivity index (χ0n) is 13.9. The van der Waals surface area contributed by atoms with Crippen LogP contribution in [0.4, 0.5) is 4.39 Å². The number of benzene rings is 1. The molecule has 2 heterocycles. The van der Waals surface area contributed by atoms with Crippen LogP contribution in [0.5, 0.6) is 5.75 Å². The SMILES string of the molecule is Cc1[nH]ncc1C1CCN(CC(O)COc2ccccc2F)CC1. The molecule has 1 aromatic carbocycles. The van der Waals surface area contributed by atoms with Gasteiger partial charge in [-0.3, -0.25) is 5.10 Å². The lowest BCUT2D eigenvalue weighted by Crippen LogP contribution is -2.40. The molecule has 1 aliphatic rings. The Balaban J connectivity index is 1.42. The number of aromatic nitrogens is 2. The van der Waals surface area contributed by atoms with Gasteiger partial charge < -0.3 is 14.7 Å². The minimum absolute atomic E-state index is 0.0989. The number of rotatable bonds is 6. The van der Waals surface area contributed by atoms with Crippen LogP contribution in [0.15, 0.2) is 30.5 Å². The van der Waals surface area contributed by atoms with Gasteiger partial charge in [0, 0.05) is 12.2 Å². The number of aromatic amines is 1. The number of ether oxygens (including phenoxy) is 1. The van der Waals surface area contributed by atoms with Crippen LogP contribution in [0.25, 0.3) is 0 Å². The molecule has 24 heavy (non-hydrogen) atoms. The number of H-pyrrole nitrogens is 1. The highest BCUT2D eigenvalue weighted by atomic mass is 19.1. The zero-order valence-corrected chi connectivity index (χ0v) is 13.9. The number of hydrogen-bond acceptors (Lipinski definition) is 4. The second-order valence-electron chi connectivity index (χ2n) is 6.42. The monoisotopic (exact) mass is 333 g/mol. The lowest BCUT2D eigenvalue weighted by atomic mass is 9.90. The maximum Gasteiger partial charge on any atom is 0.165 e. The van der Waals surface area contributed by atoms with Crippen LogP contribution >= 0.6 is 0 Å². The number of aryl methyl sites for hydroxylation is 1. The standard InChI is InChI=1S/C18H24FN3O2/c1-13-16(10-20-21-13)14-6-8-22(9-7-14)11-15(23)12-24-18-5-3-2-4-17(18)19/h2-5,10,14-15,23H,6-9,11-12H2,1H3,(H,20,21). The fourth-order valence-corrected chi connectivity index (χ4v) is 3.30. The highest BCUT2D eigenvalue weighted by Gasteiger charge is 2.24. The number of piperidine rings is 1. The van der Waals surface area contributed by atoms with Crippen LogP contribution in [0.2, 0.25) is 0 Å². The average Bonchev–Trinajstić information content (AvgIpc) is 3.01. The first kappa shape index (κ1) is 16.9. The van der Waals surface area contributed by atoms with Crippen molar-refractivity contribution in [2.24, 2.45) is 0 Å². The first-order valence-corrected chi connectivity index (χ1v) is 8.41. The summed E-state index contributed by atoms with van der Waals surface area (Å²) in [5, 5.41) is 17.2. The lowest BCUT2D eigenvalue weighted by molar-refractivity contribution is 0.0582. The highest BCUT2D eigenvalue weighted by molar-refractivity contribution is 5.23. The minimum Gasteiger partial charge on any atom is -0.488 e. The van der Waals surface area contributed by atoms with Crippen LogP contribution < -0.4 is 4.74 Å². The van der Waals surface area contributed by atoms with Gasteiger partial charge in [0.2, 0.25) is 0 Å². The summed E-state index contributed by atoms with van der Waals surface area (Å²) in [5.41, 5.74) is 2.45. The highest BCUT2D eigenvalue weighted by Crippen LogP contribution is 2.29. The lowest BCUT2D eigenvalue weighted by Gasteiger charge is -2.33. The van der Waals surface area contributed by atoms with Crippen molar-refractivity contribution in [2.45, 2.75) is 31.8 Å². The summed E-state index contributed by atoms with van der Waals surface area (Å²) in [7, 11) is 0. The van der Waals surface area contributed by atoms with E-state index in [9.17, 15) is 9.50 Å². The van der Waals surface area contributed by atoms with E-state index in [1.165, 1.54) is 11.6 Å². The van der Waals surface area contributed by atoms with Crippen LogP contribution in [0.1, 0.15) is 30.0 Å². The normalized spacial score (nSPS) is 17.8. The Kier molecular flexibility index (Phi) is 5.48. The number of β-amino-alcohol motifs (C(OH)–C–C–N with tert-alkyl or cyclic N) is 1. The predicted octanol–water partition coefficient (Wildman–Crippen LogP) is 2.48. The molecule has 2 aromatic rings. The van der Waals surface area contributed by atoms with Crippen molar-refractivity contribution in [3.05, 3.63) is 47.5 Å². The smallest absolute Gasteiger partial charge is 0.165 e. The van der Waals surface area contributed by atoms with Gasteiger partial charge in [-0.25, -0.2) is 4.39 Å². The average molecular weight is 333 g/mol. The largest absolute Gasteiger partial charge is 0.488 e. The van der Waals surface area contributed by atoms with Crippen molar-refractivity contribution >= 4 is 0 Å². The zero-order chi connectivity index (χ0) is 16.9. The van der Waals surface area contributed by atoms with Gasteiger partial charge in [-0.05, 0) is 56.5 Å². The van der Waals surface area contributed by atoms with Gasteiger partial charge in [0.15, 0.2) is 11.6 Å². The van der Waals surface area contributed by atoms with E-state index in [2.05, 4.69) is 22.0 Å². The number of nitrogens with zero attached hydrogens (tertiary/aromatic N) is 2. The molecular weight excluding hydrogens is 309 g/mol. The molecule has 3 rings (SSSR count). The molecule has 1 atom stereocenters. The summed E-state index contributed by atoms with van der Waals surface area (Å²) < 4.78 is 18.9. The number of likely N-dealkylation sites (tertiary alicyclic amines) is 1. The number of aliphatic hydroxyl groups is 1. The van der Waals surface area contributed by atoms with E-state index in [0.717, 1.165) is 31.6 Å². The second kappa shape index (κ2) is 7.77. The van der Waals surface area contributed by atoms with E-state index in [1.54, 1.807) is 18.2 Å². The van der Waals surface area contributed by atoms with Crippen LogP contribution in [-0.2, 0) is 0 Å². The topological polar surface area (TPSA) is 61.4 Å². The molecule has 0 bridgehead atoms. The quantitative estimate of drug-likeness (QED) is 0.852. The maximum absolute atomic E-state index is 13.5. The molecule has 1 saturated heterocycles. The van der Waals surface area contributed by atoms with E-state index in [-0.39, 0.29) is 12.4 Å². The minimum atomic E-state index is -0.628. The van der Waals surface area contributed by atoms with Gasteiger partial charge in [-0.1, -0.05) is 12.1 Å². The number of halogens is 1. The van der Waals surface area contributed by atoms with Crippen molar-refractivity contribution < 1.29 is 14.2 Å². The summed E-state index contributed by atoms with van der Waals surface area (Å²) in [6.07, 6.45) is 3.41. The number of nitrogens with one attached hydrogen (secondary N) is 1. The fourth-order valence-electron chi connectivity index (χ4n) is 3.30. The van der Waals surface area contributed by atoms with Crippen LogP contribution in [-0.4, -0.2) is 52.5 Å². The predicted molar refractivity (Wildman–Crippen MR) is 89.6 cm³/mol. The molecular formula is C18H24FN3O2. The first-order chi connectivity index (χ1) is 11.6. The van der Waals surface area contributed by atoms with Gasteiger partial charge in [0.05, 0.1) is 6.20 Å². The third kappa shape index (κ3) is 4.13. The van der Waals surface area contributed by atoms with E-state index in [4.69, 9.17) is 4.74 Å². The molecule has 1 aromatic heterocycles. The van der Waals surface area contributed by atoms with Crippen LogP contribution in [0, 0.1) is 12.7 Å². The van der Waals surface area contributed by atoms with Crippen LogP contribution in [0.3, 0.4) is 0 Å². The first-order valence-electron chi connectivity index (χ1n) is 8.41. The summed E-state index contributed by atoms with van der Waals surface area (Å²) in [6, 6.07) is 6.25. The molecule has 1 aliphatic heterocycles. The Hall–Kier alpha value is -1.92. The van der Waals surface area contributed by atoms with Crippen molar-refractivity contribution in [3.63, 3.8) is 0 Å². The van der Waals surface area contributed by atoms with Gasteiger partial charge >= 0.3 is 0 Å². The van der Waals surface area contributed by atoms with Gasteiger partial charge in [-0.2, -0.15) is 5.10 Å². The van der Waals surface area contributed by atoms with Crippen molar-refractivity contribution in [3.8, 4) is 5.75 Å². The summed E-state index contributed by atoms with van der Waals surface area (Å²) >= 11 is 0. The van der Waals surface area contributed by atoms with E-state index in [1.807, 2.05) is 6.20 Å². The Morgan fingerprint density at radius 2 is 2.12 bits per heavy atom. The Labute approximate surface area is 141 Å². The molecule has 0 aliphatic carbocycles. The summed E-state index contributed by atoms with van der Waals surface area (Å²) in [5.74, 6) is 0.318. The van der Waals surface area contributed by atoms with Crippen molar-refractivity contribution in [1.82, 2.24) is 15.1 Å². The molecule has 0 saturated carbocycles. The van der Waals surface area contributed by atoms with E-state index < -0.39 is 11.9 Å². The molecule has 5 nitrogen and oxygen atoms in total. The molecule has 0 radical (unpaired) electrons. The Morgan fingerprint density at radius 3 is 2.79 bits per heavy atom. The fraction of sp³-hybridized carbons (Fsp3) is 0.500. The Bertz CT molecular complexity index is 653. The molecule has 1 unspecified atom stereocenters. The molecule has 0 spiro atoms. The molecule has 1 fully saturated rings. The second-order valence-corrected chi connectivity index (χ2v) is 6.42. The molecule has 0 amide bonds. The van der Waals surface area contributed by atoms with E-state index >= 15 is 0 Å². The summed E-state index contributed by atoms with van der Waals surface area (Å²) in [4.78, 5) is 2.24. The molecule has 130 valence electrons. The van der Waals surface area contributed by atoms with E-state index in [0.29, 0.717) is 12.5 Å². The number of aliphatic hydroxyl groups excluding tert-OH is 1. The van der Waals surface area contributed by atoms with Crippen molar-refractivity contribution in [1.29, 1.82) is 0 Å². The summed E-state index contributed by atoms with van der Waals surface area (Å²) in [6.45, 7) is 4.57. The van der Waals surface area contributed by atoms with Gasteiger partial charge in [0.25, 0.3) is 0 Å². The number of para-hydroxylation sites is 1. The Morgan fingerprint density at radius 1 is 1.38 bits per heavy atom. The third-order valence-corrected chi connectivity index (χ3v) is 4.63. The van der Waals surface area contributed by atoms with Gasteiger partial charge in [0.1, 0.15) is 12.7 Å². The van der Waals surface area contributed by atoms with Gasteiger partial charge in [-0.15, -0.1) is 0 Å². The third-order valence-electron chi connectivity index (χ3n) is 4.63. The molecule has 6 heteroatoms.